The van der Waals surface area contributed by atoms with Crippen LogP contribution in [0.2, 0.25) is 0 Å². The summed E-state index contributed by atoms with van der Waals surface area (Å²) in [6, 6.07) is 10.5. The number of nitrogens with zero attached hydrogens (tertiary/aromatic N) is 2. The van der Waals surface area contributed by atoms with E-state index in [0.717, 1.165) is 58.4 Å². The molecular weight excluding hydrogens is 316 g/mol. The van der Waals surface area contributed by atoms with E-state index in [1.165, 1.54) is 5.56 Å². The number of carbonyl (C=O) groups excluding carboxylic acids is 1. The molecule has 25 heavy (non-hydrogen) atoms. The van der Waals surface area contributed by atoms with Gasteiger partial charge in [-0.25, -0.2) is 0 Å². The fourth-order valence-electron chi connectivity index (χ4n) is 4.08. The first-order valence-electron chi connectivity index (χ1n) is 9.43. The molecule has 0 unspecified atom stereocenters. The van der Waals surface area contributed by atoms with Crippen molar-refractivity contribution >= 4 is 11.9 Å². The topological polar surface area (TPSA) is 60.9 Å². The van der Waals surface area contributed by atoms with Gasteiger partial charge in [-0.3, -0.25) is 14.5 Å². The van der Waals surface area contributed by atoms with Crippen LogP contribution < -0.4 is 0 Å². The summed E-state index contributed by atoms with van der Waals surface area (Å²) in [5, 5.41) is 9.40. The van der Waals surface area contributed by atoms with Gasteiger partial charge < -0.3 is 10.0 Å². The Bertz CT molecular complexity index is 582. The van der Waals surface area contributed by atoms with Crippen molar-refractivity contribution in [3.8, 4) is 0 Å². The average molecular weight is 344 g/mol. The summed E-state index contributed by atoms with van der Waals surface area (Å²) in [6.07, 6.45) is 4.29. The Kier molecular flexibility index (Phi) is 6.08. The molecule has 1 saturated carbocycles. The number of carboxylic acid groups (broad SMARTS) is 1. The van der Waals surface area contributed by atoms with Gasteiger partial charge >= 0.3 is 5.97 Å². The van der Waals surface area contributed by atoms with Crippen LogP contribution in [0.3, 0.4) is 0 Å². The zero-order chi connectivity index (χ0) is 17.6. The second-order valence-electron chi connectivity index (χ2n) is 7.24. The second-order valence-corrected chi connectivity index (χ2v) is 7.24. The van der Waals surface area contributed by atoms with E-state index in [1.54, 1.807) is 0 Å². The molecule has 136 valence electrons. The normalized spacial score (nSPS) is 24.9. The standard InChI is InChI=1S/C20H28N2O3/c23-19(17-8-4-5-9-18(17)20(24)25)22-14-12-21(13-15-22)11-10-16-6-2-1-3-7-16/h1-3,6-7,17-18H,4-5,8-15H2,(H,24,25)/t17-,18+/m1/s1. The lowest BCUT2D eigenvalue weighted by Gasteiger charge is -2.38. The second kappa shape index (κ2) is 8.48. The van der Waals surface area contributed by atoms with Crippen LogP contribution in [0, 0.1) is 11.8 Å². The Morgan fingerprint density at radius 1 is 0.960 bits per heavy atom. The van der Waals surface area contributed by atoms with Gasteiger partial charge in [0.25, 0.3) is 0 Å². The summed E-state index contributed by atoms with van der Waals surface area (Å²) in [7, 11) is 0. The van der Waals surface area contributed by atoms with Gasteiger partial charge in [0.05, 0.1) is 11.8 Å². The first kappa shape index (κ1) is 17.9. The van der Waals surface area contributed by atoms with Crippen molar-refractivity contribution in [3.05, 3.63) is 35.9 Å². The fourth-order valence-corrected chi connectivity index (χ4v) is 4.08. The van der Waals surface area contributed by atoms with Crippen molar-refractivity contribution < 1.29 is 14.7 Å². The number of carboxylic acids is 1. The van der Waals surface area contributed by atoms with Crippen LogP contribution in [0.1, 0.15) is 31.2 Å². The molecule has 1 N–H and O–H groups in total. The molecule has 0 spiro atoms. The van der Waals surface area contributed by atoms with E-state index in [4.69, 9.17) is 0 Å². The van der Waals surface area contributed by atoms with Gasteiger partial charge in [0.2, 0.25) is 5.91 Å². The van der Waals surface area contributed by atoms with Gasteiger partial charge in [0.15, 0.2) is 0 Å². The van der Waals surface area contributed by atoms with E-state index in [1.807, 2.05) is 11.0 Å². The fraction of sp³-hybridized carbons (Fsp3) is 0.600. The summed E-state index contributed by atoms with van der Waals surface area (Å²) >= 11 is 0. The van der Waals surface area contributed by atoms with Gasteiger partial charge in [-0.05, 0) is 24.8 Å². The van der Waals surface area contributed by atoms with Crippen LogP contribution in [-0.4, -0.2) is 59.5 Å². The van der Waals surface area contributed by atoms with Crippen LogP contribution in [0.15, 0.2) is 30.3 Å². The number of rotatable bonds is 5. The van der Waals surface area contributed by atoms with E-state index >= 15 is 0 Å². The predicted molar refractivity (Wildman–Crippen MR) is 96.2 cm³/mol. The number of piperazine rings is 1. The van der Waals surface area contributed by atoms with Crippen LogP contribution >= 0.6 is 0 Å². The summed E-state index contributed by atoms with van der Waals surface area (Å²) in [5.41, 5.74) is 1.34. The molecule has 1 heterocycles. The zero-order valence-corrected chi connectivity index (χ0v) is 14.8. The van der Waals surface area contributed by atoms with Crippen LogP contribution in [0.25, 0.3) is 0 Å². The molecule has 5 heteroatoms. The third kappa shape index (κ3) is 4.60. The molecule has 1 amide bonds. The van der Waals surface area contributed by atoms with Crippen LogP contribution in [0.4, 0.5) is 0 Å². The van der Waals surface area contributed by atoms with Crippen LogP contribution in [-0.2, 0) is 16.0 Å². The Hall–Kier alpha value is -1.88. The molecule has 0 radical (unpaired) electrons. The summed E-state index contributed by atoms with van der Waals surface area (Å²) in [4.78, 5) is 28.5. The molecule has 5 nitrogen and oxygen atoms in total. The highest BCUT2D eigenvalue weighted by Gasteiger charge is 2.38. The molecule has 0 bridgehead atoms. The molecule has 1 saturated heterocycles. The smallest absolute Gasteiger partial charge is 0.307 e. The Labute approximate surface area is 149 Å². The van der Waals surface area contributed by atoms with Gasteiger partial charge in [0, 0.05) is 32.7 Å². The third-order valence-electron chi connectivity index (χ3n) is 5.64. The predicted octanol–water partition coefficient (Wildman–Crippen LogP) is 2.26. The maximum atomic E-state index is 12.8. The molecule has 0 aromatic heterocycles. The van der Waals surface area contributed by atoms with Crippen molar-refractivity contribution in [1.29, 1.82) is 0 Å². The molecule has 2 fully saturated rings. The summed E-state index contributed by atoms with van der Waals surface area (Å²) in [5.74, 6) is -1.55. The molecule has 1 aliphatic heterocycles. The van der Waals surface area contributed by atoms with Crippen molar-refractivity contribution in [3.63, 3.8) is 0 Å². The first-order chi connectivity index (χ1) is 12.1. The summed E-state index contributed by atoms with van der Waals surface area (Å²) < 4.78 is 0. The van der Waals surface area contributed by atoms with Crippen molar-refractivity contribution in [2.75, 3.05) is 32.7 Å². The largest absolute Gasteiger partial charge is 0.481 e. The van der Waals surface area contributed by atoms with E-state index in [9.17, 15) is 14.7 Å². The van der Waals surface area contributed by atoms with Crippen molar-refractivity contribution in [2.24, 2.45) is 11.8 Å². The molecule has 1 aliphatic carbocycles. The monoisotopic (exact) mass is 344 g/mol. The van der Waals surface area contributed by atoms with Gasteiger partial charge in [-0.1, -0.05) is 43.2 Å². The highest BCUT2D eigenvalue weighted by Crippen LogP contribution is 2.32. The molecule has 3 rings (SSSR count). The SMILES string of the molecule is O=C(O)[C@H]1CCCC[C@H]1C(=O)N1CCN(CCc2ccccc2)CC1. The minimum absolute atomic E-state index is 0.0646. The number of aliphatic carboxylic acids is 1. The lowest BCUT2D eigenvalue weighted by molar-refractivity contribution is -0.153. The zero-order valence-electron chi connectivity index (χ0n) is 14.8. The van der Waals surface area contributed by atoms with E-state index in [2.05, 4.69) is 29.2 Å². The molecule has 2 aliphatic rings. The van der Waals surface area contributed by atoms with E-state index in [0.29, 0.717) is 6.42 Å². The quantitative estimate of drug-likeness (QED) is 0.890. The van der Waals surface area contributed by atoms with Crippen LogP contribution in [0.5, 0.6) is 0 Å². The van der Waals surface area contributed by atoms with Gasteiger partial charge in [0.1, 0.15) is 0 Å². The van der Waals surface area contributed by atoms with Gasteiger partial charge in [-0.2, -0.15) is 0 Å². The maximum Gasteiger partial charge on any atom is 0.307 e. The number of hydrogen-bond donors (Lipinski definition) is 1. The maximum absolute atomic E-state index is 12.8. The minimum Gasteiger partial charge on any atom is -0.481 e. The Morgan fingerprint density at radius 2 is 1.60 bits per heavy atom. The molecular formula is C20H28N2O3. The Morgan fingerprint density at radius 3 is 2.24 bits per heavy atom. The first-order valence-corrected chi connectivity index (χ1v) is 9.43. The van der Waals surface area contributed by atoms with Crippen molar-refractivity contribution in [1.82, 2.24) is 9.80 Å². The third-order valence-corrected chi connectivity index (χ3v) is 5.64. The minimum atomic E-state index is -0.806. The Balaban J connectivity index is 1.48. The average Bonchev–Trinajstić information content (AvgIpc) is 2.67. The number of benzene rings is 1. The molecule has 1 aromatic rings. The summed E-state index contributed by atoms with van der Waals surface area (Å²) in [6.45, 7) is 4.20. The lowest BCUT2D eigenvalue weighted by atomic mass is 9.78. The highest BCUT2D eigenvalue weighted by atomic mass is 16.4. The molecule has 2 atom stereocenters. The molecule has 1 aromatic carbocycles. The lowest BCUT2D eigenvalue weighted by Crippen LogP contribution is -2.52. The van der Waals surface area contributed by atoms with Crippen molar-refractivity contribution in [2.45, 2.75) is 32.1 Å². The number of amides is 1. The number of carbonyl (C=O) groups is 2. The van der Waals surface area contributed by atoms with E-state index in [-0.39, 0.29) is 11.8 Å². The van der Waals surface area contributed by atoms with E-state index < -0.39 is 11.9 Å². The van der Waals surface area contributed by atoms with Gasteiger partial charge in [-0.15, -0.1) is 0 Å². The highest BCUT2D eigenvalue weighted by molar-refractivity contribution is 5.85. The number of hydrogen-bond acceptors (Lipinski definition) is 3.